The molecule has 5 nitrogen and oxygen atoms in total. The number of nitrogens with one attached hydrogen (secondary N) is 1. The van der Waals surface area contributed by atoms with Crippen LogP contribution in [-0.2, 0) is 10.0 Å². The average molecular weight is 362 g/mol. The quantitative estimate of drug-likeness (QED) is 0.757. The molecule has 0 aliphatic heterocycles. The zero-order valence-corrected chi connectivity index (χ0v) is 13.5. The predicted molar refractivity (Wildman–Crippen MR) is 81.9 cm³/mol. The zero-order valence-electron chi connectivity index (χ0n) is 12.7. The number of alkyl halides is 3. The van der Waals surface area contributed by atoms with Crippen molar-refractivity contribution in [1.82, 2.24) is 9.62 Å². The molecule has 1 N–H and O–H groups in total. The van der Waals surface area contributed by atoms with Gasteiger partial charge in [0, 0.05) is 18.2 Å². The Bertz CT molecular complexity index is 728. The summed E-state index contributed by atoms with van der Waals surface area (Å²) in [4.78, 5) is 11.6. The third kappa shape index (κ3) is 4.57. The van der Waals surface area contributed by atoms with Gasteiger partial charge in [0.05, 0.1) is 4.90 Å². The van der Waals surface area contributed by atoms with Gasteiger partial charge in [-0.05, 0) is 31.0 Å². The summed E-state index contributed by atoms with van der Waals surface area (Å²) in [5, 5.41) is 2.48. The lowest BCUT2D eigenvalue weighted by molar-refractivity contribution is -0.137. The molecule has 1 aliphatic rings. The second-order valence-corrected chi connectivity index (χ2v) is 7.31. The summed E-state index contributed by atoms with van der Waals surface area (Å²) in [6.07, 6.45) is -2.38. The van der Waals surface area contributed by atoms with Crippen LogP contribution in [0.3, 0.4) is 0 Å². The van der Waals surface area contributed by atoms with E-state index in [0.717, 1.165) is 6.07 Å². The van der Waals surface area contributed by atoms with Crippen LogP contribution in [0, 0.1) is 0 Å². The summed E-state index contributed by atoms with van der Waals surface area (Å²) in [5.74, 6) is -0.527. The van der Waals surface area contributed by atoms with E-state index < -0.39 is 34.7 Å². The van der Waals surface area contributed by atoms with Gasteiger partial charge in [0.2, 0.25) is 10.0 Å². The largest absolute Gasteiger partial charge is 0.402 e. The average Bonchev–Trinajstić information content (AvgIpc) is 3.34. The number of carbonyl (C=O) groups excluding carboxylic acids is 1. The second-order valence-electron chi connectivity index (χ2n) is 5.42. The van der Waals surface area contributed by atoms with Crippen molar-refractivity contribution >= 4 is 15.9 Å². The van der Waals surface area contributed by atoms with E-state index in [-0.39, 0.29) is 17.0 Å². The Morgan fingerprint density at radius 2 is 2.04 bits per heavy atom. The standard InChI is InChI=1S/C15H17F3N2O3S/c1-2-8-19-14(21)11-4-3-5-13(9-11)24(22,23)20(12-6-7-12)10-15(16,17)18/h2-5,9,12H,1,6-8,10H2,(H,19,21). The van der Waals surface area contributed by atoms with Crippen molar-refractivity contribution in [2.45, 2.75) is 30.0 Å². The lowest BCUT2D eigenvalue weighted by Crippen LogP contribution is -2.40. The molecule has 1 aliphatic carbocycles. The smallest absolute Gasteiger partial charge is 0.349 e. The van der Waals surface area contributed by atoms with Crippen molar-refractivity contribution in [3.05, 3.63) is 42.5 Å². The normalized spacial score (nSPS) is 15.3. The van der Waals surface area contributed by atoms with Crippen LogP contribution >= 0.6 is 0 Å². The van der Waals surface area contributed by atoms with E-state index in [1.807, 2.05) is 0 Å². The summed E-state index contributed by atoms with van der Waals surface area (Å²) < 4.78 is 63.7. The molecule has 0 unspecified atom stereocenters. The molecular formula is C15H17F3N2O3S. The Hall–Kier alpha value is -1.87. The van der Waals surface area contributed by atoms with Crippen LogP contribution in [0.25, 0.3) is 0 Å². The first kappa shape index (κ1) is 18.5. The number of benzene rings is 1. The SMILES string of the molecule is C=CCNC(=O)c1cccc(S(=O)(=O)N(CC(F)(F)F)C2CC2)c1. The number of carbonyl (C=O) groups is 1. The van der Waals surface area contributed by atoms with Gasteiger partial charge < -0.3 is 5.32 Å². The number of amides is 1. The van der Waals surface area contributed by atoms with Crippen LogP contribution in [0.4, 0.5) is 13.2 Å². The summed E-state index contributed by atoms with van der Waals surface area (Å²) in [6, 6.07) is 4.34. The monoisotopic (exact) mass is 362 g/mol. The van der Waals surface area contributed by atoms with Crippen molar-refractivity contribution in [2.75, 3.05) is 13.1 Å². The third-order valence-corrected chi connectivity index (χ3v) is 5.29. The minimum absolute atomic E-state index is 0.0562. The molecule has 1 aromatic carbocycles. The molecule has 0 aromatic heterocycles. The fourth-order valence-corrected chi connectivity index (χ4v) is 3.87. The summed E-state index contributed by atoms with van der Waals surface area (Å²) in [5.41, 5.74) is 0.0562. The number of sulfonamides is 1. The van der Waals surface area contributed by atoms with Crippen LogP contribution in [0.2, 0.25) is 0 Å². The molecule has 0 bridgehead atoms. The van der Waals surface area contributed by atoms with E-state index in [0.29, 0.717) is 17.1 Å². The zero-order chi connectivity index (χ0) is 18.0. The Labute approximate surface area is 138 Å². The van der Waals surface area contributed by atoms with Crippen molar-refractivity contribution in [3.8, 4) is 0 Å². The van der Waals surface area contributed by atoms with E-state index in [1.165, 1.54) is 24.3 Å². The predicted octanol–water partition coefficient (Wildman–Crippen LogP) is 2.32. The summed E-state index contributed by atoms with van der Waals surface area (Å²) >= 11 is 0. The van der Waals surface area contributed by atoms with E-state index in [2.05, 4.69) is 11.9 Å². The van der Waals surface area contributed by atoms with Crippen LogP contribution in [-0.4, -0.2) is 43.9 Å². The molecular weight excluding hydrogens is 345 g/mol. The summed E-state index contributed by atoms with van der Waals surface area (Å²) in [7, 11) is -4.33. The summed E-state index contributed by atoms with van der Waals surface area (Å²) in [6.45, 7) is 2.10. The molecule has 1 saturated carbocycles. The molecule has 9 heteroatoms. The first-order chi connectivity index (χ1) is 11.1. The topological polar surface area (TPSA) is 66.5 Å². The first-order valence-corrected chi connectivity index (χ1v) is 8.67. The van der Waals surface area contributed by atoms with Crippen LogP contribution in [0.15, 0.2) is 41.8 Å². The third-order valence-electron chi connectivity index (χ3n) is 3.40. The maximum Gasteiger partial charge on any atom is 0.402 e. The minimum atomic E-state index is -4.63. The minimum Gasteiger partial charge on any atom is -0.349 e. The van der Waals surface area contributed by atoms with Gasteiger partial charge in [-0.2, -0.15) is 17.5 Å². The van der Waals surface area contributed by atoms with E-state index in [1.54, 1.807) is 0 Å². The lowest BCUT2D eigenvalue weighted by atomic mass is 10.2. The van der Waals surface area contributed by atoms with Gasteiger partial charge in [-0.25, -0.2) is 8.42 Å². The number of nitrogens with zero attached hydrogens (tertiary/aromatic N) is 1. The lowest BCUT2D eigenvalue weighted by Gasteiger charge is -2.23. The van der Waals surface area contributed by atoms with Gasteiger partial charge in [-0.1, -0.05) is 12.1 Å². The van der Waals surface area contributed by atoms with Crippen molar-refractivity contribution < 1.29 is 26.4 Å². The van der Waals surface area contributed by atoms with Crippen LogP contribution in [0.1, 0.15) is 23.2 Å². The number of rotatable bonds is 7. The van der Waals surface area contributed by atoms with E-state index in [4.69, 9.17) is 0 Å². The number of halogens is 3. The van der Waals surface area contributed by atoms with Crippen molar-refractivity contribution in [1.29, 1.82) is 0 Å². The number of hydrogen-bond donors (Lipinski definition) is 1. The van der Waals surface area contributed by atoms with Gasteiger partial charge in [0.15, 0.2) is 0 Å². The second kappa shape index (κ2) is 6.94. The van der Waals surface area contributed by atoms with E-state index in [9.17, 15) is 26.4 Å². The van der Waals surface area contributed by atoms with Gasteiger partial charge in [-0.15, -0.1) is 6.58 Å². The molecule has 0 radical (unpaired) electrons. The molecule has 1 amide bonds. The van der Waals surface area contributed by atoms with Gasteiger partial charge in [-0.3, -0.25) is 4.79 Å². The molecule has 24 heavy (non-hydrogen) atoms. The number of hydrogen-bond acceptors (Lipinski definition) is 3. The maximum atomic E-state index is 12.7. The van der Waals surface area contributed by atoms with Gasteiger partial charge in [0.1, 0.15) is 6.54 Å². The maximum absolute atomic E-state index is 12.7. The Morgan fingerprint density at radius 3 is 2.58 bits per heavy atom. The molecule has 0 spiro atoms. The molecule has 132 valence electrons. The van der Waals surface area contributed by atoms with Gasteiger partial charge in [0.25, 0.3) is 5.91 Å². The first-order valence-electron chi connectivity index (χ1n) is 7.23. The van der Waals surface area contributed by atoms with Crippen molar-refractivity contribution in [3.63, 3.8) is 0 Å². The Balaban J connectivity index is 2.30. The van der Waals surface area contributed by atoms with Crippen molar-refractivity contribution in [2.24, 2.45) is 0 Å². The van der Waals surface area contributed by atoms with Crippen LogP contribution in [0.5, 0.6) is 0 Å². The fraction of sp³-hybridized carbons (Fsp3) is 0.400. The highest BCUT2D eigenvalue weighted by atomic mass is 32.2. The molecule has 2 rings (SSSR count). The van der Waals surface area contributed by atoms with E-state index >= 15 is 0 Å². The van der Waals surface area contributed by atoms with Gasteiger partial charge >= 0.3 is 6.18 Å². The molecule has 0 saturated heterocycles. The Kier molecular flexibility index (Phi) is 5.34. The molecule has 1 aromatic rings. The van der Waals surface area contributed by atoms with Crippen LogP contribution < -0.4 is 5.32 Å². The highest BCUT2D eigenvalue weighted by Gasteiger charge is 2.44. The Morgan fingerprint density at radius 1 is 1.38 bits per heavy atom. The molecule has 1 fully saturated rings. The highest BCUT2D eigenvalue weighted by molar-refractivity contribution is 7.89. The molecule has 0 atom stereocenters. The molecule has 0 heterocycles. The fourth-order valence-electron chi connectivity index (χ4n) is 2.15. The highest BCUT2D eigenvalue weighted by Crippen LogP contribution is 2.34.